The zero-order chi connectivity index (χ0) is 23.1. The first kappa shape index (κ1) is 28.2. The third-order valence-electron chi connectivity index (χ3n) is 4.75. The number of hydrogen-bond donors (Lipinski definition) is 1. The summed E-state index contributed by atoms with van der Waals surface area (Å²) in [6.07, 6.45) is 0. The average molecular weight is 606 g/mol. The van der Waals surface area contributed by atoms with Crippen LogP contribution < -0.4 is 15.6 Å². The zero-order valence-electron chi connectivity index (χ0n) is 17.2. The Balaban J connectivity index is 0.000000257. The number of halogens is 5. The van der Waals surface area contributed by atoms with Crippen molar-refractivity contribution in [3.8, 4) is 0 Å². The van der Waals surface area contributed by atoms with Crippen LogP contribution in [0.4, 0.5) is 5.69 Å². The fourth-order valence-corrected chi connectivity index (χ4v) is 7.19. The summed E-state index contributed by atoms with van der Waals surface area (Å²) in [5.74, 6) is 0. The molecule has 0 atom stereocenters. The molecule has 166 valence electrons. The number of benzene rings is 4. The first-order valence-electron chi connectivity index (χ1n) is 9.43. The molecule has 0 aromatic heterocycles. The van der Waals surface area contributed by atoms with E-state index < -0.39 is 8.32 Å². The Morgan fingerprint density at radius 3 is 1.27 bits per heavy atom. The van der Waals surface area contributed by atoms with E-state index >= 15 is 0 Å². The van der Waals surface area contributed by atoms with Gasteiger partial charge in [-0.15, -0.1) is 5.69 Å². The van der Waals surface area contributed by atoms with Crippen LogP contribution in [0.25, 0.3) is 4.84 Å². The van der Waals surface area contributed by atoms with Crippen LogP contribution >= 0.6 is 58.2 Å². The van der Waals surface area contributed by atoms with E-state index in [4.69, 9.17) is 58.2 Å². The van der Waals surface area contributed by atoms with E-state index in [9.17, 15) is 4.80 Å². The summed E-state index contributed by atoms with van der Waals surface area (Å²) in [6, 6.07) is 31.4. The van der Waals surface area contributed by atoms with Gasteiger partial charge in [-0.05, 0) is 15.6 Å². The van der Waals surface area contributed by atoms with Gasteiger partial charge in [0.15, 0.2) is 0 Å². The van der Waals surface area contributed by atoms with E-state index in [1.54, 1.807) is 0 Å². The Morgan fingerprint density at radius 2 is 0.939 bits per heavy atom. The quantitative estimate of drug-likeness (QED) is 0.114. The Labute approximate surface area is 232 Å². The number of rotatable bonds is 4. The molecule has 0 heterocycles. The molecular weight excluding hydrogens is 589 g/mol. The molecule has 0 aliphatic heterocycles. The summed E-state index contributed by atoms with van der Waals surface area (Å²) >= 11 is 28.0. The van der Waals surface area contributed by atoms with Gasteiger partial charge in [-0.3, -0.25) is 0 Å². The molecule has 4 aromatic carbocycles. The van der Waals surface area contributed by atoms with Gasteiger partial charge in [-0.2, -0.15) is 0 Å². The minimum absolute atomic E-state index is 0. The van der Waals surface area contributed by atoms with Crippen LogP contribution in [0.5, 0.6) is 0 Å². The molecule has 0 aliphatic rings. The second-order valence-electron chi connectivity index (χ2n) is 6.71. The molecule has 33 heavy (non-hydrogen) atoms. The molecule has 0 bridgehead atoms. The third kappa shape index (κ3) is 6.54. The van der Waals surface area contributed by atoms with Crippen LogP contribution in [0.1, 0.15) is 0 Å². The first-order valence-corrected chi connectivity index (χ1v) is 13.2. The molecule has 9 heteroatoms. The van der Waals surface area contributed by atoms with Gasteiger partial charge in [0.05, 0.1) is 15.1 Å². The summed E-state index contributed by atoms with van der Waals surface area (Å²) < 4.78 is 0. The van der Waals surface area contributed by atoms with Crippen LogP contribution in [-0.2, 0) is 19.5 Å². The molecule has 0 aliphatic carbocycles. The van der Waals surface area contributed by atoms with Gasteiger partial charge in [0.2, 0.25) is 0 Å². The van der Waals surface area contributed by atoms with Crippen molar-refractivity contribution in [2.24, 2.45) is 0 Å². The van der Waals surface area contributed by atoms with Crippen molar-refractivity contribution in [2.45, 2.75) is 0 Å². The zero-order valence-corrected chi connectivity index (χ0v) is 25.0. The fraction of sp³-hybridized carbons (Fsp3) is 0. The van der Waals surface area contributed by atoms with Crippen LogP contribution in [0, 0.1) is 0 Å². The van der Waals surface area contributed by atoms with Crippen molar-refractivity contribution < 1.29 is 24.3 Å². The average Bonchev–Trinajstić information content (AvgIpc) is 2.86. The van der Waals surface area contributed by atoms with Gasteiger partial charge in [-0.1, -0.05) is 143 Å². The van der Waals surface area contributed by atoms with Crippen LogP contribution in [0.15, 0.2) is 97.1 Å². The second-order valence-corrected chi connectivity index (χ2v) is 11.6. The molecule has 0 amide bonds. The SMILES string of the molecule is Cl[N-]c1cc(Cl)c(Cl)c(Cl)c1Cl.O[Si](c1ccccc1)(c1ccccc1)c1ccccc1.[Zn]. The van der Waals surface area contributed by atoms with Gasteiger partial charge >= 0.3 is 0 Å². The smallest absolute Gasteiger partial charge is 0.285 e. The maximum atomic E-state index is 11.6. The van der Waals surface area contributed by atoms with Gasteiger partial charge in [-0.25, -0.2) is 11.8 Å². The largest absolute Gasteiger partial charge is 0.600 e. The van der Waals surface area contributed by atoms with E-state index in [2.05, 4.69) is 4.84 Å². The van der Waals surface area contributed by atoms with Crippen molar-refractivity contribution >= 4 is 87.7 Å². The number of hydrogen-bond acceptors (Lipinski definition) is 1. The van der Waals surface area contributed by atoms with E-state index in [0.29, 0.717) is 5.69 Å². The topological polar surface area (TPSA) is 34.3 Å². The van der Waals surface area contributed by atoms with Crippen LogP contribution in [-0.4, -0.2) is 13.1 Å². The van der Waals surface area contributed by atoms with E-state index in [-0.39, 0.29) is 39.6 Å². The van der Waals surface area contributed by atoms with Crippen molar-refractivity contribution in [2.75, 3.05) is 0 Å². The van der Waals surface area contributed by atoms with Crippen molar-refractivity contribution in [3.63, 3.8) is 0 Å². The summed E-state index contributed by atoms with van der Waals surface area (Å²) in [5.41, 5.74) is 0.303. The van der Waals surface area contributed by atoms with Crippen LogP contribution in [0.3, 0.4) is 0 Å². The van der Waals surface area contributed by atoms with Gasteiger partial charge in [0.1, 0.15) is 0 Å². The van der Waals surface area contributed by atoms with Gasteiger partial charge in [0.25, 0.3) is 8.32 Å². The Hall–Kier alpha value is -1.07. The molecule has 0 saturated carbocycles. The summed E-state index contributed by atoms with van der Waals surface area (Å²) in [7, 11) is -2.88. The molecule has 2 nitrogen and oxygen atoms in total. The van der Waals surface area contributed by atoms with Crippen molar-refractivity contribution in [3.05, 3.63) is 122 Å². The molecule has 1 N–H and O–H groups in total. The van der Waals surface area contributed by atoms with E-state index in [1.807, 2.05) is 91.0 Å². The molecule has 0 radical (unpaired) electrons. The predicted octanol–water partition coefficient (Wildman–Crippen LogP) is 7.10. The minimum atomic E-state index is -2.88. The minimum Gasteiger partial charge on any atom is -0.600 e. The van der Waals surface area contributed by atoms with E-state index in [0.717, 1.165) is 15.6 Å². The molecule has 0 unspecified atom stereocenters. The molecule has 4 aromatic rings. The maximum Gasteiger partial charge on any atom is 0.285 e. The Kier molecular flexibility index (Phi) is 11.2. The Bertz CT molecular complexity index is 1070. The summed E-state index contributed by atoms with van der Waals surface area (Å²) in [4.78, 5) is 14.9. The summed E-state index contributed by atoms with van der Waals surface area (Å²) in [6.45, 7) is 0. The van der Waals surface area contributed by atoms with Gasteiger partial charge in [0, 0.05) is 24.5 Å². The van der Waals surface area contributed by atoms with Crippen LogP contribution in [0.2, 0.25) is 20.1 Å². The third-order valence-corrected chi connectivity index (χ3v) is 10.2. The van der Waals surface area contributed by atoms with Gasteiger partial charge < -0.3 is 9.63 Å². The standard InChI is InChI=1S/C18H16OSi.C6HCl5N.Zn/c19-20(16-10-4-1-5-11-16,17-12-6-2-7-13-17)18-14-8-3-9-15-18;7-2-1-3(12-11)5(9)6(10)4(2)8;/h1-15,19H;1H;/q;-1;. The summed E-state index contributed by atoms with van der Waals surface area (Å²) in [5, 5.41) is 3.86. The second kappa shape index (κ2) is 13.1. The normalized spacial score (nSPS) is 10.5. The van der Waals surface area contributed by atoms with Crippen molar-refractivity contribution in [1.29, 1.82) is 0 Å². The first-order chi connectivity index (χ1) is 15.4. The molecule has 0 saturated heterocycles. The Morgan fingerprint density at radius 1 is 0.576 bits per heavy atom. The number of nitrogens with zero attached hydrogens (tertiary/aromatic N) is 1. The maximum absolute atomic E-state index is 11.6. The monoisotopic (exact) mass is 602 g/mol. The predicted molar refractivity (Wildman–Crippen MR) is 142 cm³/mol. The molecule has 0 spiro atoms. The van der Waals surface area contributed by atoms with Crippen molar-refractivity contribution in [1.82, 2.24) is 0 Å². The molecule has 4 rings (SSSR count). The van der Waals surface area contributed by atoms with E-state index in [1.165, 1.54) is 6.07 Å². The fourth-order valence-electron chi connectivity index (χ4n) is 3.16. The molecule has 0 fully saturated rings. The molecular formula is C24H17Cl5NOSiZn-.